The number of hydrogen-bond acceptors (Lipinski definition) is 4. The van der Waals surface area contributed by atoms with Gasteiger partial charge in [0.2, 0.25) is 0 Å². The number of nitrogens with zero attached hydrogens (tertiary/aromatic N) is 2. The lowest BCUT2D eigenvalue weighted by Gasteiger charge is -2.45. The number of hydrogen-bond donors (Lipinski definition) is 0. The van der Waals surface area contributed by atoms with Crippen LogP contribution in [0.5, 0.6) is 0 Å². The third-order valence-corrected chi connectivity index (χ3v) is 7.55. The predicted octanol–water partition coefficient (Wildman–Crippen LogP) is 5.73. The summed E-state index contributed by atoms with van der Waals surface area (Å²) in [5, 5.41) is 0. The SMILES string of the molecule is C[C@H](c1ccc(C(F)(F)F)cc1)N1CCN(c2cccc(S(C)(=O)=O)c2)C[C@@H]1c1ccccc1. The van der Waals surface area contributed by atoms with Crippen molar-refractivity contribution in [2.24, 2.45) is 0 Å². The van der Waals surface area contributed by atoms with Crippen molar-refractivity contribution in [3.05, 3.63) is 95.6 Å². The lowest BCUT2D eigenvalue weighted by Crippen LogP contribution is -2.49. The van der Waals surface area contributed by atoms with E-state index >= 15 is 0 Å². The van der Waals surface area contributed by atoms with Gasteiger partial charge in [0.15, 0.2) is 9.84 Å². The molecule has 0 saturated carbocycles. The highest BCUT2D eigenvalue weighted by Crippen LogP contribution is 2.36. The Hall–Kier alpha value is -2.84. The Morgan fingerprint density at radius 3 is 2.21 bits per heavy atom. The fourth-order valence-electron chi connectivity index (χ4n) is 4.52. The van der Waals surface area contributed by atoms with E-state index in [1.165, 1.54) is 6.26 Å². The summed E-state index contributed by atoms with van der Waals surface area (Å²) >= 11 is 0. The minimum atomic E-state index is -4.36. The maximum absolute atomic E-state index is 13.0. The molecule has 0 N–H and O–H groups in total. The molecule has 8 heteroatoms. The molecule has 180 valence electrons. The Labute approximate surface area is 198 Å². The number of rotatable bonds is 5. The van der Waals surface area contributed by atoms with Gasteiger partial charge in [-0.15, -0.1) is 0 Å². The fraction of sp³-hybridized carbons (Fsp3) is 0.308. The highest BCUT2D eigenvalue weighted by molar-refractivity contribution is 7.90. The molecular formula is C26H27F3N2O2S. The van der Waals surface area contributed by atoms with Gasteiger partial charge < -0.3 is 4.90 Å². The lowest BCUT2D eigenvalue weighted by atomic mass is 9.96. The van der Waals surface area contributed by atoms with Gasteiger partial charge in [0.25, 0.3) is 0 Å². The Morgan fingerprint density at radius 1 is 0.912 bits per heavy atom. The summed E-state index contributed by atoms with van der Waals surface area (Å²) in [5.74, 6) is 0. The van der Waals surface area contributed by atoms with Gasteiger partial charge in [0, 0.05) is 37.6 Å². The van der Waals surface area contributed by atoms with E-state index in [4.69, 9.17) is 0 Å². The van der Waals surface area contributed by atoms with Crippen LogP contribution in [-0.2, 0) is 16.0 Å². The van der Waals surface area contributed by atoms with E-state index in [0.717, 1.165) is 28.9 Å². The molecule has 0 aromatic heterocycles. The minimum Gasteiger partial charge on any atom is -0.368 e. The molecule has 1 aliphatic heterocycles. The van der Waals surface area contributed by atoms with Crippen molar-refractivity contribution in [3.63, 3.8) is 0 Å². The molecule has 3 aromatic carbocycles. The van der Waals surface area contributed by atoms with Gasteiger partial charge in [-0.25, -0.2) is 8.42 Å². The van der Waals surface area contributed by atoms with Crippen LogP contribution in [0.4, 0.5) is 18.9 Å². The maximum atomic E-state index is 13.0. The number of alkyl halides is 3. The van der Waals surface area contributed by atoms with Gasteiger partial charge in [-0.05, 0) is 48.4 Å². The third-order valence-electron chi connectivity index (χ3n) is 6.43. The molecule has 1 fully saturated rings. The van der Waals surface area contributed by atoms with Crippen LogP contribution in [0, 0.1) is 0 Å². The first kappa shape index (κ1) is 24.3. The van der Waals surface area contributed by atoms with E-state index in [1.807, 2.05) is 43.3 Å². The van der Waals surface area contributed by atoms with Crippen LogP contribution in [-0.4, -0.2) is 39.2 Å². The van der Waals surface area contributed by atoms with Crippen molar-refractivity contribution in [1.82, 2.24) is 4.90 Å². The molecule has 0 amide bonds. The molecule has 0 unspecified atom stereocenters. The topological polar surface area (TPSA) is 40.6 Å². The van der Waals surface area contributed by atoms with Crippen LogP contribution in [0.3, 0.4) is 0 Å². The average Bonchev–Trinajstić information content (AvgIpc) is 2.83. The fourth-order valence-corrected chi connectivity index (χ4v) is 5.18. The van der Waals surface area contributed by atoms with Gasteiger partial charge in [0.05, 0.1) is 16.5 Å². The number of sulfone groups is 1. The summed E-state index contributed by atoms with van der Waals surface area (Å²) in [7, 11) is -3.32. The molecule has 2 atom stereocenters. The third kappa shape index (κ3) is 5.28. The lowest BCUT2D eigenvalue weighted by molar-refractivity contribution is -0.137. The molecule has 0 radical (unpaired) electrons. The molecule has 0 bridgehead atoms. The second-order valence-electron chi connectivity index (χ2n) is 8.68. The Morgan fingerprint density at radius 2 is 1.59 bits per heavy atom. The molecule has 0 spiro atoms. The van der Waals surface area contributed by atoms with Crippen LogP contribution < -0.4 is 4.90 Å². The Balaban J connectivity index is 1.63. The van der Waals surface area contributed by atoms with Gasteiger partial charge in [-0.3, -0.25) is 4.90 Å². The zero-order valence-electron chi connectivity index (χ0n) is 19.0. The summed E-state index contributed by atoms with van der Waals surface area (Å²) in [6.07, 6.45) is -3.16. The van der Waals surface area contributed by atoms with Gasteiger partial charge in [0.1, 0.15) is 0 Å². The van der Waals surface area contributed by atoms with E-state index in [0.29, 0.717) is 19.6 Å². The Kier molecular flexibility index (Phi) is 6.73. The number of benzene rings is 3. The van der Waals surface area contributed by atoms with E-state index in [-0.39, 0.29) is 17.0 Å². The van der Waals surface area contributed by atoms with Crippen molar-refractivity contribution < 1.29 is 21.6 Å². The molecular weight excluding hydrogens is 461 g/mol. The second-order valence-corrected chi connectivity index (χ2v) is 10.7. The van der Waals surface area contributed by atoms with Gasteiger partial charge >= 0.3 is 6.18 Å². The normalized spacial score (nSPS) is 18.6. The smallest absolute Gasteiger partial charge is 0.368 e. The first-order valence-electron chi connectivity index (χ1n) is 11.1. The summed E-state index contributed by atoms with van der Waals surface area (Å²) in [6, 6.07) is 22.2. The van der Waals surface area contributed by atoms with E-state index in [1.54, 1.807) is 30.3 Å². The first-order chi connectivity index (χ1) is 16.0. The predicted molar refractivity (Wildman–Crippen MR) is 128 cm³/mol. The van der Waals surface area contributed by atoms with Crippen molar-refractivity contribution in [2.75, 3.05) is 30.8 Å². The standard InChI is InChI=1S/C26H27F3N2O2S/c1-19(20-11-13-22(14-12-20)26(27,28)29)31-16-15-30(18-25(31)21-7-4-3-5-8-21)23-9-6-10-24(17-23)34(2,32)33/h3-14,17,19,25H,15-16,18H2,1-2H3/t19-,25-/m1/s1. The number of halogens is 3. The van der Waals surface area contributed by atoms with Crippen LogP contribution >= 0.6 is 0 Å². The summed E-state index contributed by atoms with van der Waals surface area (Å²) in [4.78, 5) is 4.75. The highest BCUT2D eigenvalue weighted by Gasteiger charge is 2.34. The Bertz CT molecular complexity index is 1230. The molecule has 1 saturated heterocycles. The van der Waals surface area contributed by atoms with Crippen molar-refractivity contribution >= 4 is 15.5 Å². The largest absolute Gasteiger partial charge is 0.416 e. The molecule has 34 heavy (non-hydrogen) atoms. The molecule has 3 aromatic rings. The van der Waals surface area contributed by atoms with Crippen LogP contribution in [0.1, 0.15) is 35.7 Å². The average molecular weight is 489 g/mol. The van der Waals surface area contributed by atoms with Crippen molar-refractivity contribution in [3.8, 4) is 0 Å². The molecule has 0 aliphatic carbocycles. The van der Waals surface area contributed by atoms with Gasteiger partial charge in [-0.1, -0.05) is 48.5 Å². The summed E-state index contributed by atoms with van der Waals surface area (Å²) in [5.41, 5.74) is 2.11. The van der Waals surface area contributed by atoms with Crippen LogP contribution in [0.25, 0.3) is 0 Å². The zero-order valence-corrected chi connectivity index (χ0v) is 19.9. The maximum Gasteiger partial charge on any atom is 0.416 e. The summed E-state index contributed by atoms with van der Waals surface area (Å²) < 4.78 is 63.1. The van der Waals surface area contributed by atoms with Crippen LogP contribution in [0.15, 0.2) is 83.8 Å². The first-order valence-corrected chi connectivity index (χ1v) is 13.0. The minimum absolute atomic E-state index is 0.0193. The van der Waals surface area contributed by atoms with E-state index in [9.17, 15) is 21.6 Å². The van der Waals surface area contributed by atoms with Crippen LogP contribution in [0.2, 0.25) is 0 Å². The highest BCUT2D eigenvalue weighted by atomic mass is 32.2. The molecule has 1 heterocycles. The quantitative estimate of drug-likeness (QED) is 0.460. The zero-order chi connectivity index (χ0) is 24.5. The number of piperazine rings is 1. The molecule has 4 rings (SSSR count). The van der Waals surface area contributed by atoms with Crippen molar-refractivity contribution in [2.45, 2.75) is 30.1 Å². The van der Waals surface area contributed by atoms with Crippen molar-refractivity contribution in [1.29, 1.82) is 0 Å². The monoisotopic (exact) mass is 488 g/mol. The van der Waals surface area contributed by atoms with Gasteiger partial charge in [-0.2, -0.15) is 13.2 Å². The summed E-state index contributed by atoms with van der Waals surface area (Å²) in [6.45, 7) is 3.98. The molecule has 4 nitrogen and oxygen atoms in total. The van der Waals surface area contributed by atoms with E-state index < -0.39 is 21.6 Å². The van der Waals surface area contributed by atoms with E-state index in [2.05, 4.69) is 9.80 Å². The number of anilines is 1. The second kappa shape index (κ2) is 9.43. The molecule has 1 aliphatic rings.